The van der Waals surface area contributed by atoms with Gasteiger partial charge in [-0.25, -0.2) is 0 Å². The molecule has 0 amide bonds. The number of benzene rings is 1. The van der Waals surface area contributed by atoms with Crippen LogP contribution in [0.3, 0.4) is 0 Å². The van der Waals surface area contributed by atoms with Crippen LogP contribution in [0.2, 0.25) is 0 Å². The monoisotopic (exact) mass is 204 g/mol. The van der Waals surface area contributed by atoms with E-state index in [9.17, 15) is 5.11 Å². The molecule has 1 N–H and O–H groups in total. The van der Waals surface area contributed by atoms with Crippen molar-refractivity contribution in [3.8, 4) is 11.4 Å². The van der Waals surface area contributed by atoms with Crippen molar-refractivity contribution in [2.24, 2.45) is 0 Å². The first kappa shape index (κ1) is 9.86. The summed E-state index contributed by atoms with van der Waals surface area (Å²) in [5, 5.41) is 13.0. The zero-order valence-corrected chi connectivity index (χ0v) is 8.64. The van der Waals surface area contributed by atoms with Gasteiger partial charge >= 0.3 is 0 Å². The first-order valence-electron chi connectivity index (χ1n) is 4.75. The van der Waals surface area contributed by atoms with E-state index in [4.69, 9.17) is 4.52 Å². The highest BCUT2D eigenvalue weighted by atomic mass is 16.5. The molecule has 2 aromatic rings. The van der Waals surface area contributed by atoms with Crippen molar-refractivity contribution in [2.75, 3.05) is 0 Å². The molecule has 1 aromatic carbocycles. The van der Waals surface area contributed by atoms with Gasteiger partial charge in [0.05, 0.1) is 0 Å². The first-order chi connectivity index (χ1) is 7.16. The summed E-state index contributed by atoms with van der Waals surface area (Å²) in [5.74, 6) is 0.751. The molecule has 0 spiro atoms. The number of aliphatic hydroxyl groups is 1. The van der Waals surface area contributed by atoms with E-state index in [0.717, 1.165) is 11.1 Å². The van der Waals surface area contributed by atoms with Gasteiger partial charge in [0.25, 0.3) is 5.89 Å². The van der Waals surface area contributed by atoms with Crippen LogP contribution in [-0.2, 0) is 0 Å². The van der Waals surface area contributed by atoms with E-state index in [1.807, 2.05) is 31.2 Å². The molecule has 4 nitrogen and oxygen atoms in total. The van der Waals surface area contributed by atoms with Gasteiger partial charge < -0.3 is 9.63 Å². The molecular formula is C11H12N2O2. The highest BCUT2D eigenvalue weighted by molar-refractivity contribution is 5.55. The molecule has 0 aliphatic carbocycles. The molecule has 0 saturated carbocycles. The smallest absolute Gasteiger partial charge is 0.255 e. The summed E-state index contributed by atoms with van der Waals surface area (Å²) in [5.41, 5.74) is 2.03. The molecule has 4 heteroatoms. The average molecular weight is 204 g/mol. The second-order valence-electron chi connectivity index (χ2n) is 3.50. The lowest BCUT2D eigenvalue weighted by atomic mass is 10.1. The number of rotatable bonds is 2. The van der Waals surface area contributed by atoms with Crippen molar-refractivity contribution >= 4 is 0 Å². The molecule has 1 unspecified atom stereocenters. The van der Waals surface area contributed by atoms with E-state index < -0.39 is 6.10 Å². The average Bonchev–Trinajstić information content (AvgIpc) is 2.66. The van der Waals surface area contributed by atoms with E-state index in [1.54, 1.807) is 6.92 Å². The Morgan fingerprint density at radius 2 is 2.20 bits per heavy atom. The maximum absolute atomic E-state index is 9.24. The van der Waals surface area contributed by atoms with E-state index in [-0.39, 0.29) is 5.89 Å². The van der Waals surface area contributed by atoms with Gasteiger partial charge in [-0.3, -0.25) is 0 Å². The zero-order chi connectivity index (χ0) is 10.8. The van der Waals surface area contributed by atoms with Gasteiger partial charge in [0.1, 0.15) is 6.10 Å². The third kappa shape index (κ3) is 2.05. The lowest BCUT2D eigenvalue weighted by molar-refractivity contribution is 0.152. The summed E-state index contributed by atoms with van der Waals surface area (Å²) in [6.07, 6.45) is -0.726. The summed E-state index contributed by atoms with van der Waals surface area (Å²) in [4.78, 5) is 4.09. The van der Waals surface area contributed by atoms with Crippen LogP contribution >= 0.6 is 0 Å². The third-order valence-electron chi connectivity index (χ3n) is 2.08. The van der Waals surface area contributed by atoms with Crippen molar-refractivity contribution in [1.82, 2.24) is 10.1 Å². The maximum atomic E-state index is 9.24. The van der Waals surface area contributed by atoms with E-state index in [2.05, 4.69) is 10.1 Å². The number of nitrogens with zero attached hydrogens (tertiary/aromatic N) is 2. The number of aliphatic hydroxyl groups excluding tert-OH is 1. The maximum Gasteiger partial charge on any atom is 0.255 e. The molecule has 0 saturated heterocycles. The summed E-state index contributed by atoms with van der Waals surface area (Å²) in [7, 11) is 0. The SMILES string of the molecule is Cc1cccc(-c2noc(C(C)O)n2)c1. The minimum Gasteiger partial charge on any atom is -0.384 e. The number of hydrogen-bond acceptors (Lipinski definition) is 4. The Bertz CT molecular complexity index is 463. The minimum absolute atomic E-state index is 0.242. The Labute approximate surface area is 87.6 Å². The number of aryl methyl sites for hydroxylation is 1. The van der Waals surface area contributed by atoms with Gasteiger partial charge in [-0.1, -0.05) is 28.9 Å². The molecule has 0 fully saturated rings. The van der Waals surface area contributed by atoms with Gasteiger partial charge in [-0.15, -0.1) is 0 Å². The van der Waals surface area contributed by atoms with Crippen LogP contribution in [0.15, 0.2) is 28.8 Å². The molecule has 0 bridgehead atoms. The van der Waals surface area contributed by atoms with E-state index >= 15 is 0 Å². The lowest BCUT2D eigenvalue weighted by Gasteiger charge is -1.95. The second kappa shape index (κ2) is 3.82. The van der Waals surface area contributed by atoms with Crippen molar-refractivity contribution in [2.45, 2.75) is 20.0 Å². The molecule has 0 aliphatic rings. The van der Waals surface area contributed by atoms with Crippen molar-refractivity contribution in [1.29, 1.82) is 0 Å². The quantitative estimate of drug-likeness (QED) is 0.813. The third-order valence-corrected chi connectivity index (χ3v) is 2.08. The van der Waals surface area contributed by atoms with Crippen LogP contribution in [-0.4, -0.2) is 15.2 Å². The predicted octanol–water partition coefficient (Wildman–Crippen LogP) is 2.10. The highest BCUT2D eigenvalue weighted by Gasteiger charge is 2.12. The second-order valence-corrected chi connectivity index (χ2v) is 3.50. The predicted molar refractivity (Wildman–Crippen MR) is 55.1 cm³/mol. The van der Waals surface area contributed by atoms with Crippen LogP contribution in [0.4, 0.5) is 0 Å². The Kier molecular flexibility index (Phi) is 2.51. The van der Waals surface area contributed by atoms with Gasteiger partial charge in [0.15, 0.2) is 0 Å². The fourth-order valence-corrected chi connectivity index (χ4v) is 1.31. The molecule has 1 heterocycles. The molecule has 0 radical (unpaired) electrons. The normalized spacial score (nSPS) is 12.7. The standard InChI is InChI=1S/C11H12N2O2/c1-7-4-3-5-9(6-7)10-12-11(8(2)14)15-13-10/h3-6,8,14H,1-2H3. The van der Waals surface area contributed by atoms with Gasteiger partial charge in [-0.05, 0) is 19.9 Å². The fourth-order valence-electron chi connectivity index (χ4n) is 1.31. The van der Waals surface area contributed by atoms with Crippen molar-refractivity contribution in [3.63, 3.8) is 0 Å². The minimum atomic E-state index is -0.726. The summed E-state index contributed by atoms with van der Waals surface area (Å²) >= 11 is 0. The van der Waals surface area contributed by atoms with E-state index in [0.29, 0.717) is 5.82 Å². The van der Waals surface area contributed by atoms with Gasteiger partial charge in [0.2, 0.25) is 5.82 Å². The molecular weight excluding hydrogens is 192 g/mol. The van der Waals surface area contributed by atoms with Crippen LogP contribution in [0.1, 0.15) is 24.5 Å². The van der Waals surface area contributed by atoms with Crippen molar-refractivity contribution < 1.29 is 9.63 Å². The van der Waals surface area contributed by atoms with Crippen LogP contribution in [0.5, 0.6) is 0 Å². The van der Waals surface area contributed by atoms with Gasteiger partial charge in [-0.2, -0.15) is 4.98 Å². The van der Waals surface area contributed by atoms with Crippen LogP contribution in [0.25, 0.3) is 11.4 Å². The lowest BCUT2D eigenvalue weighted by Crippen LogP contribution is -1.90. The van der Waals surface area contributed by atoms with Crippen molar-refractivity contribution in [3.05, 3.63) is 35.7 Å². The molecule has 1 aromatic heterocycles. The summed E-state index contributed by atoms with van der Waals surface area (Å²) in [6, 6.07) is 7.81. The van der Waals surface area contributed by atoms with Gasteiger partial charge in [0, 0.05) is 5.56 Å². The van der Waals surface area contributed by atoms with E-state index in [1.165, 1.54) is 0 Å². The van der Waals surface area contributed by atoms with Crippen LogP contribution in [0, 0.1) is 6.92 Å². The first-order valence-corrected chi connectivity index (χ1v) is 4.75. The van der Waals surface area contributed by atoms with Crippen LogP contribution < -0.4 is 0 Å². The number of aromatic nitrogens is 2. The zero-order valence-electron chi connectivity index (χ0n) is 8.64. The number of hydrogen-bond donors (Lipinski definition) is 1. The molecule has 0 aliphatic heterocycles. The molecule has 15 heavy (non-hydrogen) atoms. The Morgan fingerprint density at radius 1 is 1.40 bits per heavy atom. The summed E-state index contributed by atoms with van der Waals surface area (Å²) < 4.78 is 4.91. The highest BCUT2D eigenvalue weighted by Crippen LogP contribution is 2.19. The fraction of sp³-hybridized carbons (Fsp3) is 0.273. The molecule has 2 rings (SSSR count). The molecule has 1 atom stereocenters. The Morgan fingerprint density at radius 3 is 2.80 bits per heavy atom. The topological polar surface area (TPSA) is 59.2 Å². The largest absolute Gasteiger partial charge is 0.384 e. The summed E-state index contributed by atoms with van der Waals surface area (Å²) in [6.45, 7) is 3.59. The Balaban J connectivity index is 2.37. The Hall–Kier alpha value is -1.68. The molecule has 78 valence electrons.